The summed E-state index contributed by atoms with van der Waals surface area (Å²) in [4.78, 5) is 24.0. The predicted octanol–water partition coefficient (Wildman–Crippen LogP) is 3.31. The van der Waals surface area contributed by atoms with Gasteiger partial charge in [-0.3, -0.25) is 9.59 Å². The molecule has 126 valence electrons. The van der Waals surface area contributed by atoms with E-state index in [0.717, 1.165) is 4.90 Å². The maximum absolute atomic E-state index is 12.3. The fraction of sp³-hybridized carbons (Fsp3) is 0.222. The van der Waals surface area contributed by atoms with Crippen LogP contribution in [-0.2, 0) is 11.2 Å². The van der Waals surface area contributed by atoms with Crippen LogP contribution >= 0.6 is 11.8 Å². The summed E-state index contributed by atoms with van der Waals surface area (Å²) in [6.45, 7) is 0. The van der Waals surface area contributed by atoms with Gasteiger partial charge >= 0.3 is 5.97 Å². The third kappa shape index (κ3) is 4.76. The summed E-state index contributed by atoms with van der Waals surface area (Å²) < 4.78 is 10.4. The highest BCUT2D eigenvalue weighted by Crippen LogP contribution is 2.32. The van der Waals surface area contributed by atoms with Crippen LogP contribution in [0.5, 0.6) is 11.5 Å². The number of aliphatic carboxylic acids is 1. The predicted molar refractivity (Wildman–Crippen MR) is 92.4 cm³/mol. The molecule has 2 rings (SSSR count). The van der Waals surface area contributed by atoms with Gasteiger partial charge in [-0.05, 0) is 29.8 Å². The van der Waals surface area contributed by atoms with E-state index in [-0.39, 0.29) is 18.0 Å². The van der Waals surface area contributed by atoms with Crippen LogP contribution in [-0.4, -0.2) is 36.8 Å². The number of ether oxygens (including phenoxy) is 2. The van der Waals surface area contributed by atoms with Gasteiger partial charge in [0, 0.05) is 10.5 Å². The smallest absolute Gasteiger partial charge is 0.307 e. The van der Waals surface area contributed by atoms with Crippen molar-refractivity contribution in [1.82, 2.24) is 0 Å². The molecule has 0 heterocycles. The molecule has 0 spiro atoms. The number of carbonyl (C=O) groups excluding carboxylic acids is 1. The highest BCUT2D eigenvalue weighted by Gasteiger charge is 2.10. The Bertz CT molecular complexity index is 742. The standard InChI is InChI=1S/C18H18O5S/c1-22-16-7-6-14(10-17(16)23-2)24-11-15(19)13-5-3-4-12(8-13)9-18(20)21/h3-8,10H,9,11H2,1-2H3,(H,20,21). The summed E-state index contributed by atoms with van der Waals surface area (Å²) in [5.74, 6) is 0.528. The normalized spacial score (nSPS) is 10.2. The maximum Gasteiger partial charge on any atom is 0.307 e. The maximum atomic E-state index is 12.3. The Morgan fingerprint density at radius 1 is 1.04 bits per heavy atom. The molecule has 0 saturated heterocycles. The lowest BCUT2D eigenvalue weighted by Gasteiger charge is -2.09. The topological polar surface area (TPSA) is 72.8 Å². The number of methoxy groups -OCH3 is 2. The minimum absolute atomic E-state index is 0.0537. The summed E-state index contributed by atoms with van der Waals surface area (Å²) in [5, 5.41) is 8.83. The molecule has 0 aliphatic heterocycles. The number of carbonyl (C=O) groups is 2. The van der Waals surface area contributed by atoms with Crippen molar-refractivity contribution in [2.24, 2.45) is 0 Å². The molecular formula is C18H18O5S. The van der Waals surface area contributed by atoms with E-state index in [2.05, 4.69) is 0 Å². The minimum atomic E-state index is -0.917. The number of benzene rings is 2. The lowest BCUT2D eigenvalue weighted by molar-refractivity contribution is -0.136. The van der Waals surface area contributed by atoms with E-state index < -0.39 is 5.97 Å². The Morgan fingerprint density at radius 2 is 1.79 bits per heavy atom. The largest absolute Gasteiger partial charge is 0.493 e. The van der Waals surface area contributed by atoms with E-state index >= 15 is 0 Å². The third-order valence-electron chi connectivity index (χ3n) is 3.33. The molecule has 6 heteroatoms. The Kier molecular flexibility index (Phi) is 6.26. The highest BCUT2D eigenvalue weighted by atomic mass is 32.2. The summed E-state index contributed by atoms with van der Waals surface area (Å²) >= 11 is 1.39. The molecule has 2 aromatic rings. The molecule has 1 N–H and O–H groups in total. The molecule has 0 amide bonds. The molecule has 0 radical (unpaired) electrons. The first kappa shape index (κ1) is 17.9. The zero-order valence-electron chi connectivity index (χ0n) is 13.4. The number of Topliss-reactive ketones (excluding diaryl/α,β-unsaturated/α-hetero) is 1. The first-order valence-corrected chi connectivity index (χ1v) is 8.21. The quantitative estimate of drug-likeness (QED) is 0.584. The molecule has 0 fully saturated rings. The van der Waals surface area contributed by atoms with E-state index in [1.165, 1.54) is 11.8 Å². The van der Waals surface area contributed by atoms with Gasteiger partial charge < -0.3 is 14.6 Å². The van der Waals surface area contributed by atoms with E-state index in [1.54, 1.807) is 44.6 Å². The van der Waals surface area contributed by atoms with Crippen molar-refractivity contribution in [3.63, 3.8) is 0 Å². The van der Waals surface area contributed by atoms with Crippen molar-refractivity contribution in [3.8, 4) is 11.5 Å². The van der Waals surface area contributed by atoms with Crippen molar-refractivity contribution in [3.05, 3.63) is 53.6 Å². The first-order chi connectivity index (χ1) is 11.5. The number of rotatable bonds is 8. The summed E-state index contributed by atoms with van der Waals surface area (Å²) in [7, 11) is 3.13. The van der Waals surface area contributed by atoms with Crippen LogP contribution in [0.3, 0.4) is 0 Å². The summed E-state index contributed by atoms with van der Waals surface area (Å²) in [6.07, 6.45) is -0.0933. The van der Waals surface area contributed by atoms with Crippen LogP contribution in [0.4, 0.5) is 0 Å². The summed E-state index contributed by atoms with van der Waals surface area (Å²) in [6, 6.07) is 12.2. The molecule has 0 saturated carbocycles. The number of thioether (sulfide) groups is 1. The van der Waals surface area contributed by atoms with Crippen molar-refractivity contribution >= 4 is 23.5 Å². The number of hydrogen-bond donors (Lipinski definition) is 1. The zero-order valence-corrected chi connectivity index (χ0v) is 14.3. The summed E-state index contributed by atoms with van der Waals surface area (Å²) in [5.41, 5.74) is 1.13. The number of ketones is 1. The second-order valence-electron chi connectivity index (χ2n) is 5.00. The fourth-order valence-corrected chi connectivity index (χ4v) is 2.99. The number of carboxylic acid groups (broad SMARTS) is 1. The molecule has 0 unspecified atom stereocenters. The van der Waals surface area contributed by atoms with Gasteiger partial charge in [0.25, 0.3) is 0 Å². The minimum Gasteiger partial charge on any atom is -0.493 e. The molecule has 2 aromatic carbocycles. The average molecular weight is 346 g/mol. The lowest BCUT2D eigenvalue weighted by Crippen LogP contribution is -2.05. The molecule has 0 atom stereocenters. The Balaban J connectivity index is 2.04. The van der Waals surface area contributed by atoms with Crippen molar-refractivity contribution in [1.29, 1.82) is 0 Å². The van der Waals surface area contributed by atoms with Gasteiger partial charge in [0.1, 0.15) is 0 Å². The SMILES string of the molecule is COc1ccc(SCC(=O)c2cccc(CC(=O)O)c2)cc1OC. The van der Waals surface area contributed by atoms with Crippen molar-refractivity contribution in [2.75, 3.05) is 20.0 Å². The molecule has 0 aliphatic rings. The van der Waals surface area contributed by atoms with Gasteiger partial charge in [-0.15, -0.1) is 11.8 Å². The monoisotopic (exact) mass is 346 g/mol. The molecule has 0 aliphatic carbocycles. The van der Waals surface area contributed by atoms with E-state index in [9.17, 15) is 9.59 Å². The van der Waals surface area contributed by atoms with E-state index in [1.807, 2.05) is 12.1 Å². The van der Waals surface area contributed by atoms with E-state index in [0.29, 0.717) is 22.6 Å². The third-order valence-corrected chi connectivity index (χ3v) is 4.32. The zero-order chi connectivity index (χ0) is 17.5. The van der Waals surface area contributed by atoms with Gasteiger partial charge in [0.2, 0.25) is 0 Å². The second-order valence-corrected chi connectivity index (χ2v) is 6.05. The van der Waals surface area contributed by atoms with E-state index in [4.69, 9.17) is 14.6 Å². The number of carboxylic acids is 1. The molecule has 5 nitrogen and oxygen atoms in total. The van der Waals surface area contributed by atoms with Crippen molar-refractivity contribution < 1.29 is 24.2 Å². The molecule has 0 aromatic heterocycles. The van der Waals surface area contributed by atoms with Gasteiger partial charge in [0.15, 0.2) is 17.3 Å². The molecule has 24 heavy (non-hydrogen) atoms. The van der Waals surface area contributed by atoms with Crippen LogP contribution in [0, 0.1) is 0 Å². The van der Waals surface area contributed by atoms with Crippen LogP contribution in [0.15, 0.2) is 47.4 Å². The Hall–Kier alpha value is -2.47. The van der Waals surface area contributed by atoms with Crippen LogP contribution in [0.1, 0.15) is 15.9 Å². The number of hydrogen-bond acceptors (Lipinski definition) is 5. The highest BCUT2D eigenvalue weighted by molar-refractivity contribution is 8.00. The molecule has 0 bridgehead atoms. The van der Waals surface area contributed by atoms with Gasteiger partial charge in [0.05, 0.1) is 26.4 Å². The van der Waals surface area contributed by atoms with Gasteiger partial charge in [-0.1, -0.05) is 18.2 Å². The first-order valence-electron chi connectivity index (χ1n) is 7.22. The van der Waals surface area contributed by atoms with Crippen LogP contribution < -0.4 is 9.47 Å². The van der Waals surface area contributed by atoms with Crippen LogP contribution in [0.25, 0.3) is 0 Å². The van der Waals surface area contributed by atoms with Gasteiger partial charge in [-0.25, -0.2) is 0 Å². The molecular weight excluding hydrogens is 328 g/mol. The average Bonchev–Trinajstić information content (AvgIpc) is 2.59. The van der Waals surface area contributed by atoms with Gasteiger partial charge in [-0.2, -0.15) is 0 Å². The van der Waals surface area contributed by atoms with Crippen molar-refractivity contribution in [2.45, 2.75) is 11.3 Å². The second kappa shape index (κ2) is 8.40. The Morgan fingerprint density at radius 3 is 2.46 bits per heavy atom. The van der Waals surface area contributed by atoms with Crippen LogP contribution in [0.2, 0.25) is 0 Å². The lowest BCUT2D eigenvalue weighted by atomic mass is 10.1. The fourth-order valence-electron chi connectivity index (χ4n) is 2.17. The Labute approximate surface area is 144 Å².